The van der Waals surface area contributed by atoms with Crippen molar-refractivity contribution in [2.24, 2.45) is 0 Å². The number of carbonyl (C=O) groups is 1. The van der Waals surface area contributed by atoms with Crippen LogP contribution in [0.15, 0.2) is 36.4 Å². The third kappa shape index (κ3) is 3.74. The van der Waals surface area contributed by atoms with Gasteiger partial charge in [-0.3, -0.25) is 4.79 Å². The van der Waals surface area contributed by atoms with Crippen LogP contribution in [0.25, 0.3) is 0 Å². The fourth-order valence-corrected chi connectivity index (χ4v) is 4.02. The summed E-state index contributed by atoms with van der Waals surface area (Å²) in [6.07, 6.45) is 7.96. The van der Waals surface area contributed by atoms with E-state index in [1.165, 1.54) is 17.5 Å². The maximum atomic E-state index is 12.7. The summed E-state index contributed by atoms with van der Waals surface area (Å²) in [6, 6.07) is 12.7. The van der Waals surface area contributed by atoms with Gasteiger partial charge in [0.25, 0.3) is 0 Å². The lowest BCUT2D eigenvalue weighted by molar-refractivity contribution is -0.118. The van der Waals surface area contributed by atoms with Crippen molar-refractivity contribution < 1.29 is 4.79 Å². The predicted octanol–water partition coefficient (Wildman–Crippen LogP) is 4.13. The first-order valence-corrected chi connectivity index (χ1v) is 9.92. The van der Waals surface area contributed by atoms with Gasteiger partial charge in [0.2, 0.25) is 5.91 Å². The number of hydrogen-bond donors (Lipinski definition) is 1. The lowest BCUT2D eigenvalue weighted by Gasteiger charge is -2.29. The molecule has 26 heavy (non-hydrogen) atoms. The SMILES string of the molecule is O=C(CCCCc1ccc2c(n1)NCCC2)N1CCCc2ccccc21. The highest BCUT2D eigenvalue weighted by atomic mass is 16.2. The van der Waals surface area contributed by atoms with Crippen molar-refractivity contribution in [2.75, 3.05) is 23.3 Å². The molecule has 0 bridgehead atoms. The summed E-state index contributed by atoms with van der Waals surface area (Å²) in [5, 5.41) is 3.39. The maximum Gasteiger partial charge on any atom is 0.226 e. The molecule has 4 rings (SSSR count). The second kappa shape index (κ2) is 7.90. The van der Waals surface area contributed by atoms with E-state index in [2.05, 4.69) is 35.6 Å². The highest BCUT2D eigenvalue weighted by Gasteiger charge is 2.21. The zero-order chi connectivity index (χ0) is 17.8. The molecule has 0 unspecified atom stereocenters. The van der Waals surface area contributed by atoms with Gasteiger partial charge in [-0.05, 0) is 68.2 Å². The van der Waals surface area contributed by atoms with E-state index in [0.29, 0.717) is 6.42 Å². The Kier molecular flexibility index (Phi) is 5.19. The number of para-hydroxylation sites is 1. The molecule has 0 fully saturated rings. The van der Waals surface area contributed by atoms with Crippen molar-refractivity contribution in [3.05, 3.63) is 53.2 Å². The lowest BCUT2D eigenvalue weighted by Crippen LogP contribution is -2.35. The Morgan fingerprint density at radius 2 is 1.92 bits per heavy atom. The van der Waals surface area contributed by atoms with Crippen LogP contribution in [0.1, 0.15) is 48.9 Å². The zero-order valence-corrected chi connectivity index (χ0v) is 15.3. The second-order valence-electron chi connectivity index (χ2n) is 7.33. The molecule has 0 radical (unpaired) electrons. The summed E-state index contributed by atoms with van der Waals surface area (Å²) in [5.41, 5.74) is 4.89. The second-order valence-corrected chi connectivity index (χ2v) is 7.33. The molecule has 3 heterocycles. The molecule has 0 atom stereocenters. The van der Waals surface area contributed by atoms with Crippen LogP contribution in [0.2, 0.25) is 0 Å². The fraction of sp³-hybridized carbons (Fsp3) is 0.455. The molecule has 1 N–H and O–H groups in total. The molecule has 0 spiro atoms. The van der Waals surface area contributed by atoms with Gasteiger partial charge in [0.1, 0.15) is 5.82 Å². The summed E-state index contributed by atoms with van der Waals surface area (Å²) < 4.78 is 0. The first kappa shape index (κ1) is 17.1. The Bertz CT molecular complexity index is 787. The fourth-order valence-electron chi connectivity index (χ4n) is 4.02. The number of aryl methyl sites for hydroxylation is 3. The van der Waals surface area contributed by atoms with Crippen molar-refractivity contribution >= 4 is 17.4 Å². The van der Waals surface area contributed by atoms with Crippen molar-refractivity contribution in [1.82, 2.24) is 4.98 Å². The van der Waals surface area contributed by atoms with E-state index in [9.17, 15) is 4.79 Å². The highest BCUT2D eigenvalue weighted by Crippen LogP contribution is 2.27. The first-order valence-electron chi connectivity index (χ1n) is 9.92. The number of aromatic nitrogens is 1. The summed E-state index contributed by atoms with van der Waals surface area (Å²) in [4.78, 5) is 19.4. The number of nitrogens with zero attached hydrogens (tertiary/aromatic N) is 2. The number of unbranched alkanes of at least 4 members (excludes halogenated alkanes) is 1. The number of fused-ring (bicyclic) bond motifs is 2. The average Bonchev–Trinajstić information content (AvgIpc) is 2.70. The van der Waals surface area contributed by atoms with Gasteiger partial charge in [0, 0.05) is 30.9 Å². The van der Waals surface area contributed by atoms with Crippen LogP contribution >= 0.6 is 0 Å². The Balaban J connectivity index is 1.28. The van der Waals surface area contributed by atoms with Crippen LogP contribution in [-0.4, -0.2) is 24.0 Å². The smallest absolute Gasteiger partial charge is 0.226 e. The minimum Gasteiger partial charge on any atom is -0.370 e. The number of rotatable bonds is 5. The van der Waals surface area contributed by atoms with Gasteiger partial charge in [-0.2, -0.15) is 0 Å². The number of nitrogens with one attached hydrogen (secondary N) is 1. The largest absolute Gasteiger partial charge is 0.370 e. The molecular formula is C22H27N3O. The number of hydrogen-bond acceptors (Lipinski definition) is 3. The molecule has 0 saturated carbocycles. The van der Waals surface area contributed by atoms with Gasteiger partial charge in [-0.25, -0.2) is 4.98 Å². The molecule has 1 aromatic heterocycles. The topological polar surface area (TPSA) is 45.2 Å². The number of pyridine rings is 1. The van der Waals surface area contributed by atoms with E-state index in [0.717, 1.165) is 68.8 Å². The van der Waals surface area contributed by atoms with Crippen molar-refractivity contribution in [1.29, 1.82) is 0 Å². The quantitative estimate of drug-likeness (QED) is 0.826. The number of carbonyl (C=O) groups excluding carboxylic acids is 1. The third-order valence-corrected chi connectivity index (χ3v) is 5.44. The van der Waals surface area contributed by atoms with Gasteiger partial charge in [-0.1, -0.05) is 24.3 Å². The number of benzene rings is 1. The minimum atomic E-state index is 0.261. The van der Waals surface area contributed by atoms with Crippen LogP contribution in [0.3, 0.4) is 0 Å². The van der Waals surface area contributed by atoms with Crippen LogP contribution in [-0.2, 0) is 24.1 Å². The predicted molar refractivity (Wildman–Crippen MR) is 106 cm³/mol. The van der Waals surface area contributed by atoms with Gasteiger partial charge < -0.3 is 10.2 Å². The Hall–Kier alpha value is -2.36. The molecule has 0 aliphatic carbocycles. The Labute approximate surface area is 155 Å². The van der Waals surface area contributed by atoms with Gasteiger partial charge in [0.05, 0.1) is 0 Å². The molecule has 4 nitrogen and oxygen atoms in total. The van der Waals surface area contributed by atoms with E-state index >= 15 is 0 Å². The number of amides is 1. The van der Waals surface area contributed by atoms with E-state index in [-0.39, 0.29) is 5.91 Å². The number of anilines is 2. The minimum absolute atomic E-state index is 0.261. The van der Waals surface area contributed by atoms with Crippen molar-refractivity contribution in [3.8, 4) is 0 Å². The Morgan fingerprint density at radius 3 is 2.88 bits per heavy atom. The monoisotopic (exact) mass is 349 g/mol. The van der Waals surface area contributed by atoms with Gasteiger partial charge >= 0.3 is 0 Å². The van der Waals surface area contributed by atoms with Crippen LogP contribution in [0.4, 0.5) is 11.5 Å². The molecule has 2 aliphatic rings. The van der Waals surface area contributed by atoms with Crippen molar-refractivity contribution in [2.45, 2.75) is 51.4 Å². The van der Waals surface area contributed by atoms with E-state index in [1.807, 2.05) is 11.0 Å². The first-order chi connectivity index (χ1) is 12.8. The molecule has 0 saturated heterocycles. The molecule has 136 valence electrons. The molecule has 1 aromatic carbocycles. The normalized spacial score (nSPS) is 15.8. The van der Waals surface area contributed by atoms with Crippen molar-refractivity contribution in [3.63, 3.8) is 0 Å². The molecule has 2 aliphatic heterocycles. The van der Waals surface area contributed by atoms with E-state index < -0.39 is 0 Å². The molecular weight excluding hydrogens is 322 g/mol. The maximum absolute atomic E-state index is 12.7. The standard InChI is InChI=1S/C22H27N3O/c26-21(25-16-6-9-17-7-1-3-11-20(17)25)12-4-2-10-19-14-13-18-8-5-15-23-22(18)24-19/h1,3,7,11,13-14H,2,4-6,8-10,12,15-16H2,(H,23,24). The summed E-state index contributed by atoms with van der Waals surface area (Å²) in [5.74, 6) is 1.33. The van der Waals surface area contributed by atoms with Crippen LogP contribution < -0.4 is 10.2 Å². The van der Waals surface area contributed by atoms with E-state index in [4.69, 9.17) is 4.98 Å². The highest BCUT2D eigenvalue weighted by molar-refractivity contribution is 5.94. The summed E-state index contributed by atoms with van der Waals surface area (Å²) in [6.45, 7) is 1.88. The summed E-state index contributed by atoms with van der Waals surface area (Å²) in [7, 11) is 0. The van der Waals surface area contributed by atoms with Crippen LogP contribution in [0, 0.1) is 0 Å². The lowest BCUT2D eigenvalue weighted by atomic mass is 10.0. The van der Waals surface area contributed by atoms with E-state index in [1.54, 1.807) is 0 Å². The molecule has 4 heteroatoms. The summed E-state index contributed by atoms with van der Waals surface area (Å²) >= 11 is 0. The molecule has 1 amide bonds. The third-order valence-electron chi connectivity index (χ3n) is 5.44. The van der Waals surface area contributed by atoms with Crippen LogP contribution in [0.5, 0.6) is 0 Å². The Morgan fingerprint density at radius 1 is 1.04 bits per heavy atom. The van der Waals surface area contributed by atoms with Gasteiger partial charge in [0.15, 0.2) is 0 Å². The average molecular weight is 349 g/mol. The molecule has 2 aromatic rings. The zero-order valence-electron chi connectivity index (χ0n) is 15.3. The van der Waals surface area contributed by atoms with Gasteiger partial charge in [-0.15, -0.1) is 0 Å².